The lowest BCUT2D eigenvalue weighted by Gasteiger charge is -2.25. The van der Waals surface area contributed by atoms with Gasteiger partial charge in [-0.2, -0.15) is 4.98 Å². The number of aromatic nitrogens is 2. The third-order valence-electron chi connectivity index (χ3n) is 4.66. The minimum absolute atomic E-state index is 0.627. The van der Waals surface area contributed by atoms with Gasteiger partial charge in [-0.15, -0.1) is 0 Å². The van der Waals surface area contributed by atoms with E-state index < -0.39 is 0 Å². The molecule has 0 amide bonds. The van der Waals surface area contributed by atoms with Gasteiger partial charge < -0.3 is 14.0 Å². The van der Waals surface area contributed by atoms with E-state index in [4.69, 9.17) is 14.0 Å². The molecule has 0 unspecified atom stereocenters. The van der Waals surface area contributed by atoms with Crippen LogP contribution in [0.25, 0.3) is 0 Å². The molecule has 0 aliphatic carbocycles. The minimum Gasteiger partial charge on any atom is -0.486 e. The highest BCUT2D eigenvalue weighted by atomic mass is 16.6. The molecule has 1 saturated heterocycles. The van der Waals surface area contributed by atoms with Crippen molar-refractivity contribution in [3.63, 3.8) is 0 Å². The number of nitrogens with zero attached hydrogens (tertiary/aromatic N) is 4. The Morgan fingerprint density at radius 2 is 1.80 bits per heavy atom. The molecule has 134 valence electrons. The summed E-state index contributed by atoms with van der Waals surface area (Å²) in [6.45, 7) is 8.87. The van der Waals surface area contributed by atoms with Crippen molar-refractivity contribution in [1.29, 1.82) is 0 Å². The fraction of sp³-hybridized carbons (Fsp3) is 0.556. The van der Waals surface area contributed by atoms with Crippen LogP contribution in [0.15, 0.2) is 22.7 Å². The van der Waals surface area contributed by atoms with E-state index in [1.165, 1.54) is 5.56 Å². The summed E-state index contributed by atoms with van der Waals surface area (Å²) in [6.07, 6.45) is 1.13. The molecule has 3 heterocycles. The zero-order chi connectivity index (χ0) is 17.1. The number of aryl methyl sites for hydroxylation is 1. The maximum absolute atomic E-state index is 5.84. The molecule has 2 aliphatic heterocycles. The Labute approximate surface area is 147 Å². The van der Waals surface area contributed by atoms with Crippen molar-refractivity contribution in [3.05, 3.63) is 35.5 Å². The zero-order valence-corrected chi connectivity index (χ0v) is 14.6. The van der Waals surface area contributed by atoms with Crippen LogP contribution in [0.3, 0.4) is 0 Å². The van der Waals surface area contributed by atoms with Crippen LogP contribution in [0.4, 0.5) is 0 Å². The SMILES string of the molecule is Cc1nc(CN2CCCN(Cc3cccc4c3OCCO4)CC2)no1. The zero-order valence-electron chi connectivity index (χ0n) is 14.6. The molecule has 1 aromatic heterocycles. The van der Waals surface area contributed by atoms with Crippen LogP contribution in [0.5, 0.6) is 11.5 Å². The van der Waals surface area contributed by atoms with Crippen LogP contribution in [0, 0.1) is 6.92 Å². The first kappa shape index (κ1) is 16.4. The van der Waals surface area contributed by atoms with E-state index in [0.717, 1.165) is 63.0 Å². The minimum atomic E-state index is 0.627. The number of fused-ring (bicyclic) bond motifs is 1. The van der Waals surface area contributed by atoms with Gasteiger partial charge in [0.2, 0.25) is 5.89 Å². The summed E-state index contributed by atoms with van der Waals surface area (Å²) >= 11 is 0. The third-order valence-corrected chi connectivity index (χ3v) is 4.66. The quantitative estimate of drug-likeness (QED) is 0.839. The van der Waals surface area contributed by atoms with Gasteiger partial charge in [0.15, 0.2) is 17.3 Å². The van der Waals surface area contributed by atoms with Crippen LogP contribution in [0.1, 0.15) is 23.7 Å². The predicted molar refractivity (Wildman–Crippen MR) is 91.6 cm³/mol. The van der Waals surface area contributed by atoms with Gasteiger partial charge in [-0.05, 0) is 25.6 Å². The van der Waals surface area contributed by atoms with Gasteiger partial charge in [-0.1, -0.05) is 17.3 Å². The molecular formula is C18H24N4O3. The van der Waals surface area contributed by atoms with Crippen molar-refractivity contribution in [2.75, 3.05) is 39.4 Å². The maximum atomic E-state index is 5.84. The molecular weight excluding hydrogens is 320 g/mol. The Morgan fingerprint density at radius 3 is 2.60 bits per heavy atom. The van der Waals surface area contributed by atoms with Gasteiger partial charge in [0.05, 0.1) is 6.54 Å². The van der Waals surface area contributed by atoms with Crippen molar-refractivity contribution < 1.29 is 14.0 Å². The van der Waals surface area contributed by atoms with Crippen LogP contribution < -0.4 is 9.47 Å². The molecule has 0 saturated carbocycles. The van der Waals surface area contributed by atoms with E-state index in [-0.39, 0.29) is 0 Å². The van der Waals surface area contributed by atoms with Crippen molar-refractivity contribution in [2.24, 2.45) is 0 Å². The standard InChI is InChI=1S/C18H24N4O3/c1-14-19-17(20-25-14)13-22-7-3-6-21(8-9-22)12-15-4-2-5-16-18(15)24-11-10-23-16/h2,4-5H,3,6-13H2,1H3. The molecule has 0 spiro atoms. The smallest absolute Gasteiger partial charge is 0.223 e. The second-order valence-electron chi connectivity index (χ2n) is 6.58. The molecule has 0 radical (unpaired) electrons. The third kappa shape index (κ3) is 3.93. The van der Waals surface area contributed by atoms with E-state index in [2.05, 4.69) is 26.0 Å². The summed E-state index contributed by atoms with van der Waals surface area (Å²) in [4.78, 5) is 9.18. The second-order valence-corrected chi connectivity index (χ2v) is 6.58. The monoisotopic (exact) mass is 344 g/mol. The maximum Gasteiger partial charge on any atom is 0.223 e. The summed E-state index contributed by atoms with van der Waals surface area (Å²) in [5.74, 6) is 3.18. The normalized spacial score (nSPS) is 18.9. The lowest BCUT2D eigenvalue weighted by atomic mass is 10.1. The summed E-state index contributed by atoms with van der Waals surface area (Å²) in [7, 11) is 0. The van der Waals surface area contributed by atoms with Gasteiger partial charge >= 0.3 is 0 Å². The molecule has 0 bridgehead atoms. The first-order chi connectivity index (χ1) is 12.3. The van der Waals surface area contributed by atoms with E-state index in [9.17, 15) is 0 Å². The van der Waals surface area contributed by atoms with Gasteiger partial charge in [-0.25, -0.2) is 0 Å². The van der Waals surface area contributed by atoms with E-state index in [1.807, 2.05) is 19.1 Å². The number of hydrogen-bond acceptors (Lipinski definition) is 7. The summed E-state index contributed by atoms with van der Waals surface area (Å²) < 4.78 is 16.6. The highest BCUT2D eigenvalue weighted by Crippen LogP contribution is 2.34. The van der Waals surface area contributed by atoms with Gasteiger partial charge in [0, 0.05) is 32.1 Å². The second kappa shape index (κ2) is 7.41. The average Bonchev–Trinajstić information content (AvgIpc) is 2.91. The Bertz CT molecular complexity index is 718. The molecule has 4 rings (SSSR count). The van der Waals surface area contributed by atoms with Crippen LogP contribution in [0.2, 0.25) is 0 Å². The summed E-state index contributed by atoms with van der Waals surface area (Å²) in [5.41, 5.74) is 1.21. The highest BCUT2D eigenvalue weighted by molar-refractivity contribution is 5.47. The van der Waals surface area contributed by atoms with Crippen LogP contribution >= 0.6 is 0 Å². The predicted octanol–water partition coefficient (Wildman–Crippen LogP) is 1.86. The molecule has 7 nitrogen and oxygen atoms in total. The van der Waals surface area contributed by atoms with Gasteiger partial charge in [0.1, 0.15) is 13.2 Å². The Kier molecular flexibility index (Phi) is 4.85. The molecule has 25 heavy (non-hydrogen) atoms. The van der Waals surface area contributed by atoms with Crippen molar-refractivity contribution in [1.82, 2.24) is 19.9 Å². The number of benzene rings is 1. The molecule has 2 aromatic rings. The highest BCUT2D eigenvalue weighted by Gasteiger charge is 2.20. The Balaban J connectivity index is 1.37. The largest absolute Gasteiger partial charge is 0.486 e. The molecule has 1 fully saturated rings. The molecule has 0 atom stereocenters. The average molecular weight is 344 g/mol. The molecule has 7 heteroatoms. The first-order valence-corrected chi connectivity index (χ1v) is 8.89. The summed E-state index contributed by atoms with van der Waals surface area (Å²) in [5, 5.41) is 4.00. The van der Waals surface area contributed by atoms with E-state index in [1.54, 1.807) is 0 Å². The topological polar surface area (TPSA) is 63.9 Å². The summed E-state index contributed by atoms with van der Waals surface area (Å²) in [6, 6.07) is 6.17. The van der Waals surface area contributed by atoms with Crippen molar-refractivity contribution in [2.45, 2.75) is 26.4 Å². The Morgan fingerprint density at radius 1 is 1.00 bits per heavy atom. The first-order valence-electron chi connectivity index (χ1n) is 8.89. The lowest BCUT2D eigenvalue weighted by Crippen LogP contribution is -2.31. The Hall–Kier alpha value is -2.12. The van der Waals surface area contributed by atoms with Gasteiger partial charge in [0.25, 0.3) is 0 Å². The lowest BCUT2D eigenvalue weighted by molar-refractivity contribution is 0.166. The van der Waals surface area contributed by atoms with Crippen LogP contribution in [-0.2, 0) is 13.1 Å². The number of ether oxygens (including phenoxy) is 2. The number of rotatable bonds is 4. The van der Waals surface area contributed by atoms with E-state index in [0.29, 0.717) is 19.1 Å². The fourth-order valence-electron chi connectivity index (χ4n) is 3.45. The number of hydrogen-bond donors (Lipinski definition) is 0. The van der Waals surface area contributed by atoms with Gasteiger partial charge in [-0.3, -0.25) is 9.80 Å². The fourth-order valence-corrected chi connectivity index (χ4v) is 3.45. The molecule has 2 aliphatic rings. The van der Waals surface area contributed by atoms with E-state index >= 15 is 0 Å². The van der Waals surface area contributed by atoms with Crippen molar-refractivity contribution >= 4 is 0 Å². The molecule has 1 aromatic carbocycles. The van der Waals surface area contributed by atoms with Crippen LogP contribution in [-0.4, -0.2) is 59.3 Å². The molecule has 0 N–H and O–H groups in total. The van der Waals surface area contributed by atoms with Crippen molar-refractivity contribution in [3.8, 4) is 11.5 Å². The number of para-hydroxylation sites is 1.